The van der Waals surface area contributed by atoms with Gasteiger partial charge in [-0.2, -0.15) is 10.4 Å². The highest BCUT2D eigenvalue weighted by Crippen LogP contribution is 2.33. The maximum absolute atomic E-state index is 13.5. The molecule has 3 aromatic rings. The molecule has 0 bridgehead atoms. The van der Waals surface area contributed by atoms with Gasteiger partial charge in [0.2, 0.25) is 0 Å². The molecule has 0 atom stereocenters. The highest BCUT2D eigenvalue weighted by atomic mass is 19.4. The van der Waals surface area contributed by atoms with E-state index in [0.29, 0.717) is 0 Å². The first-order chi connectivity index (χ1) is 14.0. The zero-order valence-electron chi connectivity index (χ0n) is 15.3. The Labute approximate surface area is 164 Å². The number of hydrogen-bond acceptors (Lipinski definition) is 6. The molecule has 0 aliphatic heterocycles. The molecule has 2 heterocycles. The van der Waals surface area contributed by atoms with Crippen molar-refractivity contribution in [2.75, 3.05) is 0 Å². The van der Waals surface area contributed by atoms with Gasteiger partial charge in [0.05, 0.1) is 27.8 Å². The number of nitro groups is 1. The average Bonchev–Trinajstić information content (AvgIpc) is 3.10. The van der Waals surface area contributed by atoms with Gasteiger partial charge in [0.1, 0.15) is 6.20 Å². The smallest absolute Gasteiger partial charge is 0.268 e. The molecule has 0 radical (unpaired) electrons. The molecule has 0 aliphatic carbocycles. The number of halogens is 3. The molecule has 3 rings (SSSR count). The van der Waals surface area contributed by atoms with E-state index in [1.54, 1.807) is 0 Å². The fraction of sp³-hybridized carbons (Fsp3) is 0.176. The van der Waals surface area contributed by atoms with Gasteiger partial charge in [0.15, 0.2) is 5.69 Å². The lowest BCUT2D eigenvalue weighted by atomic mass is 10.1. The molecule has 0 unspecified atom stereocenters. The number of rotatable bonds is 3. The second-order valence-electron chi connectivity index (χ2n) is 6.12. The quantitative estimate of drug-likeness (QED) is 0.471. The Morgan fingerprint density at radius 1 is 1.20 bits per heavy atom. The highest BCUT2D eigenvalue weighted by Gasteiger charge is 2.38. The minimum absolute atomic E-state index is 0.156. The van der Waals surface area contributed by atoms with E-state index in [4.69, 9.17) is 5.26 Å². The van der Waals surface area contributed by atoms with Gasteiger partial charge in [0.25, 0.3) is 5.56 Å². The van der Waals surface area contributed by atoms with Gasteiger partial charge in [-0.1, -0.05) is 0 Å². The standard InChI is InChI=1S/C17H11F3N6O4/c1-9-13(15(27)23(2)16(28)24(9)17(18,19)20)14-12(26(29)30)8-22-25(14)11-5-3-10(7-21)4-6-11/h3-6,8H,1-2H3. The van der Waals surface area contributed by atoms with Gasteiger partial charge in [-0.15, -0.1) is 13.2 Å². The normalized spacial score (nSPS) is 11.3. The third kappa shape index (κ3) is 3.13. The molecule has 0 aliphatic rings. The lowest BCUT2D eigenvalue weighted by Gasteiger charge is -2.17. The minimum Gasteiger partial charge on any atom is -0.268 e. The van der Waals surface area contributed by atoms with Gasteiger partial charge in [-0.3, -0.25) is 19.5 Å². The summed E-state index contributed by atoms with van der Waals surface area (Å²) >= 11 is 0. The molecule has 0 N–H and O–H groups in total. The van der Waals surface area contributed by atoms with Crippen LogP contribution in [0.25, 0.3) is 16.9 Å². The lowest BCUT2D eigenvalue weighted by Crippen LogP contribution is -2.44. The Morgan fingerprint density at radius 2 is 1.80 bits per heavy atom. The Hall–Kier alpha value is -4.21. The van der Waals surface area contributed by atoms with Crippen LogP contribution in [-0.4, -0.2) is 23.8 Å². The Kier molecular flexibility index (Phi) is 4.78. The van der Waals surface area contributed by atoms with Crippen LogP contribution in [0, 0.1) is 28.4 Å². The van der Waals surface area contributed by atoms with Crippen molar-refractivity contribution in [1.29, 1.82) is 5.26 Å². The molecular weight excluding hydrogens is 409 g/mol. The predicted octanol–water partition coefficient (Wildman–Crippen LogP) is 1.96. The summed E-state index contributed by atoms with van der Waals surface area (Å²) in [5.74, 6) is 0. The highest BCUT2D eigenvalue weighted by molar-refractivity contribution is 5.73. The lowest BCUT2D eigenvalue weighted by molar-refractivity contribution is -0.384. The summed E-state index contributed by atoms with van der Waals surface area (Å²) in [6.45, 7) is 0.867. The number of alkyl halides is 3. The Bertz CT molecular complexity index is 1330. The summed E-state index contributed by atoms with van der Waals surface area (Å²) < 4.78 is 41.0. The molecule has 0 spiro atoms. The van der Waals surface area contributed by atoms with Crippen LogP contribution in [0.5, 0.6) is 0 Å². The first-order valence-electron chi connectivity index (χ1n) is 8.12. The molecule has 13 heteroatoms. The molecule has 30 heavy (non-hydrogen) atoms. The largest absolute Gasteiger partial charge is 0.492 e. The number of nitriles is 1. The third-order valence-corrected chi connectivity index (χ3v) is 4.37. The first-order valence-corrected chi connectivity index (χ1v) is 8.12. The van der Waals surface area contributed by atoms with E-state index in [2.05, 4.69) is 5.10 Å². The van der Waals surface area contributed by atoms with Gasteiger partial charge in [0, 0.05) is 12.7 Å². The minimum atomic E-state index is -5.17. The van der Waals surface area contributed by atoms with E-state index >= 15 is 0 Å². The molecule has 2 aromatic heterocycles. The van der Waals surface area contributed by atoms with Crippen LogP contribution in [0.15, 0.2) is 40.1 Å². The summed E-state index contributed by atoms with van der Waals surface area (Å²) in [6, 6.07) is 7.33. The second-order valence-corrected chi connectivity index (χ2v) is 6.12. The van der Waals surface area contributed by atoms with Crippen LogP contribution in [0.1, 0.15) is 11.3 Å². The summed E-state index contributed by atoms with van der Waals surface area (Å²) in [4.78, 5) is 35.4. The SMILES string of the molecule is Cc1c(-c2c([N+](=O)[O-])cnn2-c2ccc(C#N)cc2)c(=O)n(C)c(=O)n1C(F)(F)F. The van der Waals surface area contributed by atoms with Crippen LogP contribution in [0.2, 0.25) is 0 Å². The van der Waals surface area contributed by atoms with Crippen molar-refractivity contribution in [3.8, 4) is 23.0 Å². The van der Waals surface area contributed by atoms with Crippen molar-refractivity contribution in [3.05, 3.63) is 72.7 Å². The van der Waals surface area contributed by atoms with Crippen molar-refractivity contribution in [3.63, 3.8) is 0 Å². The van der Waals surface area contributed by atoms with Gasteiger partial charge in [-0.05, 0) is 31.2 Å². The van der Waals surface area contributed by atoms with E-state index in [1.807, 2.05) is 6.07 Å². The molecular formula is C17H11F3N6O4. The number of aromatic nitrogens is 4. The monoisotopic (exact) mass is 420 g/mol. The van der Waals surface area contributed by atoms with E-state index in [1.165, 1.54) is 24.3 Å². The summed E-state index contributed by atoms with van der Waals surface area (Å²) in [5.41, 5.74) is -5.16. The Balaban J connectivity index is 2.47. The van der Waals surface area contributed by atoms with Gasteiger partial charge >= 0.3 is 17.7 Å². The van der Waals surface area contributed by atoms with Crippen LogP contribution in [0.4, 0.5) is 18.9 Å². The number of benzene rings is 1. The van der Waals surface area contributed by atoms with Crippen LogP contribution < -0.4 is 11.2 Å². The number of nitrogens with zero attached hydrogens (tertiary/aromatic N) is 6. The van der Waals surface area contributed by atoms with E-state index < -0.39 is 49.7 Å². The predicted molar refractivity (Wildman–Crippen MR) is 95.9 cm³/mol. The van der Waals surface area contributed by atoms with Gasteiger partial charge < -0.3 is 0 Å². The molecule has 1 aromatic carbocycles. The van der Waals surface area contributed by atoms with Crippen molar-refractivity contribution >= 4 is 5.69 Å². The van der Waals surface area contributed by atoms with Crippen LogP contribution in [0.3, 0.4) is 0 Å². The fourth-order valence-electron chi connectivity index (χ4n) is 2.97. The Morgan fingerprint density at radius 3 is 2.30 bits per heavy atom. The molecule has 0 saturated heterocycles. The van der Waals surface area contributed by atoms with E-state index in [0.717, 1.165) is 24.9 Å². The first kappa shape index (κ1) is 20.5. The zero-order valence-corrected chi connectivity index (χ0v) is 15.3. The maximum Gasteiger partial charge on any atom is 0.492 e. The molecule has 0 amide bonds. The molecule has 10 nitrogen and oxygen atoms in total. The van der Waals surface area contributed by atoms with Gasteiger partial charge in [-0.25, -0.2) is 14.0 Å². The van der Waals surface area contributed by atoms with Crippen molar-refractivity contribution in [2.45, 2.75) is 13.2 Å². The van der Waals surface area contributed by atoms with Crippen LogP contribution >= 0.6 is 0 Å². The molecule has 0 saturated carbocycles. The third-order valence-electron chi connectivity index (χ3n) is 4.37. The summed E-state index contributed by atoms with van der Waals surface area (Å²) in [6.07, 6.45) is -4.38. The van der Waals surface area contributed by atoms with E-state index in [-0.39, 0.29) is 15.8 Å². The van der Waals surface area contributed by atoms with Crippen molar-refractivity contribution in [2.24, 2.45) is 7.05 Å². The fourth-order valence-corrected chi connectivity index (χ4v) is 2.97. The molecule has 0 fully saturated rings. The van der Waals surface area contributed by atoms with Crippen molar-refractivity contribution < 1.29 is 18.1 Å². The topological polar surface area (TPSA) is 129 Å². The van der Waals surface area contributed by atoms with Crippen molar-refractivity contribution in [1.82, 2.24) is 18.9 Å². The molecule has 154 valence electrons. The van der Waals surface area contributed by atoms with Crippen LogP contribution in [-0.2, 0) is 13.3 Å². The summed E-state index contributed by atoms with van der Waals surface area (Å²) in [7, 11) is 0.837. The maximum atomic E-state index is 13.5. The zero-order chi connectivity index (χ0) is 22.4. The number of hydrogen-bond donors (Lipinski definition) is 0. The summed E-state index contributed by atoms with van der Waals surface area (Å²) in [5, 5.41) is 24.2. The average molecular weight is 420 g/mol. The second kappa shape index (κ2) is 6.99. The van der Waals surface area contributed by atoms with E-state index in [9.17, 15) is 32.9 Å².